The maximum Gasteiger partial charge on any atom is 0.0760 e. The maximum absolute atomic E-state index is 10.4. The predicted molar refractivity (Wildman–Crippen MR) is 98.4 cm³/mol. The van der Waals surface area contributed by atoms with Gasteiger partial charge in [-0.15, -0.1) is 0 Å². The first-order valence-corrected chi connectivity index (χ1v) is 8.64. The number of rotatable bonds is 11. The van der Waals surface area contributed by atoms with Crippen molar-refractivity contribution in [2.45, 2.75) is 84.8 Å². The summed E-state index contributed by atoms with van der Waals surface area (Å²) in [6, 6.07) is 0. The van der Waals surface area contributed by atoms with E-state index in [1.807, 2.05) is 46.8 Å². The highest BCUT2D eigenvalue weighted by Crippen LogP contribution is 2.22. The lowest BCUT2D eigenvalue weighted by atomic mass is 9.92. The molecule has 2 unspecified atom stereocenters. The highest BCUT2D eigenvalue weighted by molar-refractivity contribution is 5.06. The SMILES string of the molecule is CC(C)=CC(O)CC(C)=CCCC(C)(O)CCCC(C)=CCO. The molecule has 0 rings (SSSR count). The van der Waals surface area contributed by atoms with Crippen molar-refractivity contribution in [3.05, 3.63) is 34.9 Å². The molecule has 0 bridgehead atoms. The number of aliphatic hydroxyl groups excluding tert-OH is 2. The summed E-state index contributed by atoms with van der Waals surface area (Å²) in [5, 5.41) is 29.1. The maximum atomic E-state index is 10.4. The van der Waals surface area contributed by atoms with Gasteiger partial charge in [-0.3, -0.25) is 0 Å². The number of hydrogen-bond donors (Lipinski definition) is 3. The third-order valence-corrected chi connectivity index (χ3v) is 3.96. The van der Waals surface area contributed by atoms with E-state index in [9.17, 15) is 10.2 Å². The van der Waals surface area contributed by atoms with Gasteiger partial charge >= 0.3 is 0 Å². The summed E-state index contributed by atoms with van der Waals surface area (Å²) in [5.41, 5.74) is 2.80. The number of hydrogen-bond acceptors (Lipinski definition) is 3. The van der Waals surface area contributed by atoms with Gasteiger partial charge in [0.1, 0.15) is 0 Å². The van der Waals surface area contributed by atoms with Crippen molar-refractivity contribution in [1.29, 1.82) is 0 Å². The molecule has 0 saturated carbocycles. The lowest BCUT2D eigenvalue weighted by Gasteiger charge is -2.22. The van der Waals surface area contributed by atoms with Crippen LogP contribution in [0.25, 0.3) is 0 Å². The molecule has 23 heavy (non-hydrogen) atoms. The van der Waals surface area contributed by atoms with E-state index in [1.54, 1.807) is 0 Å². The van der Waals surface area contributed by atoms with Crippen molar-refractivity contribution < 1.29 is 15.3 Å². The van der Waals surface area contributed by atoms with Crippen LogP contribution >= 0.6 is 0 Å². The molecule has 0 aliphatic rings. The van der Waals surface area contributed by atoms with Gasteiger partial charge in [0, 0.05) is 0 Å². The van der Waals surface area contributed by atoms with Gasteiger partial charge in [-0.05, 0) is 73.1 Å². The quantitative estimate of drug-likeness (QED) is 0.497. The minimum atomic E-state index is -0.658. The van der Waals surface area contributed by atoms with Crippen LogP contribution in [0.5, 0.6) is 0 Å². The Hall–Kier alpha value is -0.900. The highest BCUT2D eigenvalue weighted by Gasteiger charge is 2.18. The molecule has 3 nitrogen and oxygen atoms in total. The van der Waals surface area contributed by atoms with E-state index in [1.165, 1.54) is 5.57 Å². The smallest absolute Gasteiger partial charge is 0.0760 e. The van der Waals surface area contributed by atoms with E-state index in [0.29, 0.717) is 6.42 Å². The van der Waals surface area contributed by atoms with Crippen molar-refractivity contribution in [2.24, 2.45) is 0 Å². The molecule has 0 aliphatic heterocycles. The second kappa shape index (κ2) is 11.6. The summed E-state index contributed by atoms with van der Waals surface area (Å²) < 4.78 is 0. The fraction of sp³-hybridized carbons (Fsp3) is 0.700. The predicted octanol–water partition coefficient (Wildman–Crippen LogP) is 4.29. The Morgan fingerprint density at radius 2 is 1.70 bits per heavy atom. The minimum absolute atomic E-state index is 0.0882. The molecule has 0 radical (unpaired) electrons. The number of allylic oxidation sites excluding steroid dienone is 3. The average molecular weight is 325 g/mol. The Labute approximate surface area is 142 Å². The Morgan fingerprint density at radius 3 is 2.26 bits per heavy atom. The van der Waals surface area contributed by atoms with Crippen molar-refractivity contribution in [3.8, 4) is 0 Å². The molecular weight excluding hydrogens is 288 g/mol. The Balaban J connectivity index is 4.14. The zero-order valence-electron chi connectivity index (χ0n) is 15.6. The first-order chi connectivity index (χ1) is 10.7. The first kappa shape index (κ1) is 22.1. The first-order valence-electron chi connectivity index (χ1n) is 8.64. The Morgan fingerprint density at radius 1 is 1.04 bits per heavy atom. The molecule has 0 aliphatic carbocycles. The van der Waals surface area contributed by atoms with Crippen LogP contribution in [0.15, 0.2) is 34.9 Å². The Bertz CT molecular complexity index is 413. The lowest BCUT2D eigenvalue weighted by Crippen LogP contribution is -2.23. The summed E-state index contributed by atoms with van der Waals surface area (Å²) in [6.07, 6.45) is 10.2. The highest BCUT2D eigenvalue weighted by atomic mass is 16.3. The topological polar surface area (TPSA) is 60.7 Å². The molecular formula is C20H36O3. The van der Waals surface area contributed by atoms with E-state index in [4.69, 9.17) is 5.11 Å². The van der Waals surface area contributed by atoms with Gasteiger partial charge in [0.25, 0.3) is 0 Å². The molecule has 0 aromatic carbocycles. The largest absolute Gasteiger partial charge is 0.392 e. The summed E-state index contributed by atoms with van der Waals surface area (Å²) in [5.74, 6) is 0. The molecule has 0 spiro atoms. The summed E-state index contributed by atoms with van der Waals surface area (Å²) >= 11 is 0. The van der Waals surface area contributed by atoms with Crippen LogP contribution in [0, 0.1) is 0 Å². The van der Waals surface area contributed by atoms with E-state index in [0.717, 1.165) is 43.3 Å². The van der Waals surface area contributed by atoms with E-state index in [-0.39, 0.29) is 6.61 Å². The minimum Gasteiger partial charge on any atom is -0.392 e. The second-order valence-corrected chi connectivity index (χ2v) is 7.19. The van der Waals surface area contributed by atoms with Gasteiger partial charge < -0.3 is 15.3 Å². The third kappa shape index (κ3) is 13.3. The molecule has 0 aromatic rings. The molecule has 0 heterocycles. The molecule has 134 valence electrons. The summed E-state index contributed by atoms with van der Waals surface area (Å²) in [4.78, 5) is 0. The molecule has 3 N–H and O–H groups in total. The third-order valence-electron chi connectivity index (χ3n) is 3.96. The molecule has 2 atom stereocenters. The van der Waals surface area contributed by atoms with Crippen LogP contribution in [-0.2, 0) is 0 Å². The van der Waals surface area contributed by atoms with Crippen LogP contribution in [0.3, 0.4) is 0 Å². The fourth-order valence-electron chi connectivity index (χ4n) is 2.62. The molecule has 0 saturated heterocycles. The monoisotopic (exact) mass is 324 g/mol. The average Bonchev–Trinajstić information content (AvgIpc) is 2.36. The van der Waals surface area contributed by atoms with Gasteiger partial charge in [0.05, 0.1) is 18.3 Å². The second-order valence-electron chi connectivity index (χ2n) is 7.19. The fourth-order valence-corrected chi connectivity index (χ4v) is 2.62. The van der Waals surface area contributed by atoms with Crippen molar-refractivity contribution >= 4 is 0 Å². The summed E-state index contributed by atoms with van der Waals surface area (Å²) in [7, 11) is 0. The molecule has 0 fully saturated rings. The van der Waals surface area contributed by atoms with Gasteiger partial charge in [-0.25, -0.2) is 0 Å². The van der Waals surface area contributed by atoms with Crippen LogP contribution in [0.2, 0.25) is 0 Å². The molecule has 3 heteroatoms. The lowest BCUT2D eigenvalue weighted by molar-refractivity contribution is 0.0410. The zero-order valence-corrected chi connectivity index (χ0v) is 15.6. The van der Waals surface area contributed by atoms with Crippen molar-refractivity contribution in [1.82, 2.24) is 0 Å². The molecule has 0 amide bonds. The normalized spacial score (nSPS) is 16.9. The van der Waals surface area contributed by atoms with Gasteiger partial charge in [-0.1, -0.05) is 34.9 Å². The van der Waals surface area contributed by atoms with Crippen molar-refractivity contribution in [2.75, 3.05) is 6.61 Å². The Kier molecular flexibility index (Phi) is 11.2. The van der Waals surface area contributed by atoms with E-state index >= 15 is 0 Å². The van der Waals surface area contributed by atoms with E-state index in [2.05, 4.69) is 6.08 Å². The summed E-state index contributed by atoms with van der Waals surface area (Å²) in [6.45, 7) is 9.98. The van der Waals surface area contributed by atoms with Crippen LogP contribution in [0.4, 0.5) is 0 Å². The van der Waals surface area contributed by atoms with Gasteiger partial charge in [-0.2, -0.15) is 0 Å². The van der Waals surface area contributed by atoms with E-state index < -0.39 is 11.7 Å². The van der Waals surface area contributed by atoms with Crippen LogP contribution < -0.4 is 0 Å². The number of aliphatic hydroxyl groups is 3. The van der Waals surface area contributed by atoms with Gasteiger partial charge in [0.15, 0.2) is 0 Å². The standard InChI is InChI=1S/C20H36O3/c1-16(2)14-19(22)15-18(4)9-7-12-20(5,23)11-6-8-17(3)10-13-21/h9-10,14,19,21-23H,6-8,11-13,15H2,1-5H3. The molecule has 0 aromatic heterocycles. The zero-order chi connectivity index (χ0) is 17.9. The van der Waals surface area contributed by atoms with Crippen LogP contribution in [-0.4, -0.2) is 33.6 Å². The van der Waals surface area contributed by atoms with Gasteiger partial charge in [0.2, 0.25) is 0 Å². The van der Waals surface area contributed by atoms with Crippen LogP contribution in [0.1, 0.15) is 73.1 Å². The van der Waals surface area contributed by atoms with Crippen molar-refractivity contribution in [3.63, 3.8) is 0 Å².